The van der Waals surface area contributed by atoms with Crippen LogP contribution in [-0.4, -0.2) is 5.91 Å². The molecule has 0 bridgehead atoms. The van der Waals surface area contributed by atoms with Crippen molar-refractivity contribution in [3.63, 3.8) is 0 Å². The maximum atomic E-state index is 12.4. The van der Waals surface area contributed by atoms with Crippen LogP contribution in [0.5, 0.6) is 0 Å². The van der Waals surface area contributed by atoms with Crippen LogP contribution in [0.25, 0.3) is 11.1 Å². The summed E-state index contributed by atoms with van der Waals surface area (Å²) in [6.45, 7) is 1.90. The third-order valence-electron chi connectivity index (χ3n) is 3.80. The second-order valence-corrected chi connectivity index (χ2v) is 5.44. The lowest BCUT2D eigenvalue weighted by Crippen LogP contribution is -2.44. The average Bonchev–Trinajstić information content (AvgIpc) is 2.63. The van der Waals surface area contributed by atoms with E-state index in [9.17, 15) is 4.79 Å². The number of aromatic nitrogens is 1. The van der Waals surface area contributed by atoms with Crippen LogP contribution in [0.1, 0.15) is 13.0 Å². The van der Waals surface area contributed by atoms with E-state index in [4.69, 9.17) is 0 Å². The number of pyridine rings is 1. The highest BCUT2D eigenvalue weighted by atomic mass is 16.2. The van der Waals surface area contributed by atoms with E-state index < -0.39 is 0 Å². The maximum absolute atomic E-state index is 12.4. The number of anilines is 1. The summed E-state index contributed by atoms with van der Waals surface area (Å²) >= 11 is 0. The molecule has 0 aliphatic heterocycles. The predicted molar refractivity (Wildman–Crippen MR) is 91.9 cm³/mol. The Morgan fingerprint density at radius 1 is 0.870 bits per heavy atom. The molecule has 3 heteroatoms. The Balaban J connectivity index is 1.80. The fourth-order valence-electron chi connectivity index (χ4n) is 2.44. The fraction of sp³-hybridized carbons (Fsp3) is 0.100. The van der Waals surface area contributed by atoms with Gasteiger partial charge < -0.3 is 5.32 Å². The molecule has 23 heavy (non-hydrogen) atoms. The summed E-state index contributed by atoms with van der Waals surface area (Å²) in [6.07, 6.45) is 3.92. The minimum atomic E-state index is -0.293. The first-order valence-corrected chi connectivity index (χ1v) is 7.66. The number of amides is 1. The van der Waals surface area contributed by atoms with Gasteiger partial charge in [0.15, 0.2) is 12.4 Å². The summed E-state index contributed by atoms with van der Waals surface area (Å²) in [7, 11) is 0. The molecule has 114 valence electrons. The molecule has 0 unspecified atom stereocenters. The summed E-state index contributed by atoms with van der Waals surface area (Å²) in [4.78, 5) is 12.4. The number of nitrogens with zero attached hydrogens (tertiary/aromatic N) is 1. The van der Waals surface area contributed by atoms with Gasteiger partial charge in [-0.25, -0.2) is 0 Å². The summed E-state index contributed by atoms with van der Waals surface area (Å²) in [5, 5.41) is 2.94. The number of carbonyl (C=O) groups excluding carboxylic acids is 1. The quantitative estimate of drug-likeness (QED) is 0.730. The van der Waals surface area contributed by atoms with Gasteiger partial charge in [0, 0.05) is 24.2 Å². The van der Waals surface area contributed by atoms with Crippen LogP contribution in [0.15, 0.2) is 85.2 Å². The van der Waals surface area contributed by atoms with E-state index >= 15 is 0 Å². The first kappa shape index (κ1) is 15.0. The highest BCUT2D eigenvalue weighted by molar-refractivity contribution is 5.92. The standard InChI is InChI=1S/C20H18N2O/c1-16(20(23)21-19-12-6-3-7-13-19)22-14-8-11-18(15-22)17-9-4-2-5-10-17/h2-16H,1H3/p+1/t16-/m1/s1. The molecule has 3 aromatic rings. The molecule has 1 amide bonds. The van der Waals surface area contributed by atoms with Crippen LogP contribution in [0.3, 0.4) is 0 Å². The molecule has 0 spiro atoms. The van der Waals surface area contributed by atoms with Crippen LogP contribution < -0.4 is 9.88 Å². The molecule has 3 nitrogen and oxygen atoms in total. The average molecular weight is 303 g/mol. The van der Waals surface area contributed by atoms with Gasteiger partial charge in [-0.05, 0) is 23.8 Å². The van der Waals surface area contributed by atoms with Gasteiger partial charge in [-0.1, -0.05) is 48.5 Å². The third-order valence-corrected chi connectivity index (χ3v) is 3.80. The second kappa shape index (κ2) is 6.88. The van der Waals surface area contributed by atoms with E-state index in [1.54, 1.807) is 0 Å². The fourth-order valence-corrected chi connectivity index (χ4v) is 2.44. The molecule has 0 fully saturated rings. The molecule has 0 saturated heterocycles. The number of carbonyl (C=O) groups is 1. The van der Waals surface area contributed by atoms with Crippen LogP contribution >= 0.6 is 0 Å². The number of hydrogen-bond acceptors (Lipinski definition) is 1. The number of rotatable bonds is 4. The van der Waals surface area contributed by atoms with Crippen molar-refractivity contribution >= 4 is 11.6 Å². The van der Waals surface area contributed by atoms with Crippen LogP contribution in [0.4, 0.5) is 5.69 Å². The lowest BCUT2D eigenvalue weighted by Gasteiger charge is -2.09. The first-order chi connectivity index (χ1) is 11.2. The Bertz CT molecular complexity index is 785. The SMILES string of the molecule is C[C@H](C(=O)Nc1ccccc1)[n+]1cccc(-c2ccccc2)c1. The summed E-state index contributed by atoms with van der Waals surface area (Å²) in [5.41, 5.74) is 3.04. The van der Waals surface area contributed by atoms with Gasteiger partial charge in [-0.3, -0.25) is 4.79 Å². The molecule has 1 atom stereocenters. The molecular formula is C20H19N2O+. The van der Waals surface area contributed by atoms with Gasteiger partial charge in [0.1, 0.15) is 0 Å². The van der Waals surface area contributed by atoms with E-state index in [2.05, 4.69) is 17.4 Å². The highest BCUT2D eigenvalue weighted by Gasteiger charge is 2.22. The monoisotopic (exact) mass is 303 g/mol. The van der Waals surface area contributed by atoms with E-state index in [-0.39, 0.29) is 11.9 Å². The van der Waals surface area contributed by atoms with E-state index in [1.165, 1.54) is 0 Å². The molecule has 1 heterocycles. The topological polar surface area (TPSA) is 33.0 Å². The third kappa shape index (κ3) is 3.64. The highest BCUT2D eigenvalue weighted by Crippen LogP contribution is 2.17. The Morgan fingerprint density at radius 2 is 1.48 bits per heavy atom. The normalized spacial score (nSPS) is 11.7. The van der Waals surface area contributed by atoms with Crippen molar-refractivity contribution < 1.29 is 9.36 Å². The molecule has 2 aromatic carbocycles. The second-order valence-electron chi connectivity index (χ2n) is 5.44. The molecular weight excluding hydrogens is 284 g/mol. The van der Waals surface area contributed by atoms with Crippen molar-refractivity contribution in [1.82, 2.24) is 0 Å². The van der Waals surface area contributed by atoms with Crippen molar-refractivity contribution in [2.24, 2.45) is 0 Å². The van der Waals surface area contributed by atoms with Gasteiger partial charge in [0.25, 0.3) is 5.91 Å². The van der Waals surface area contributed by atoms with Crippen molar-refractivity contribution in [2.75, 3.05) is 5.32 Å². The van der Waals surface area contributed by atoms with E-state index in [0.29, 0.717) is 0 Å². The maximum Gasteiger partial charge on any atom is 0.293 e. The summed E-state index contributed by atoms with van der Waals surface area (Å²) in [5.74, 6) is -0.0357. The molecule has 1 aromatic heterocycles. The Labute approximate surface area is 136 Å². The van der Waals surface area contributed by atoms with Gasteiger partial charge >= 0.3 is 0 Å². The van der Waals surface area contributed by atoms with Gasteiger partial charge in [0.05, 0.1) is 0 Å². The zero-order valence-corrected chi connectivity index (χ0v) is 13.0. The van der Waals surface area contributed by atoms with Gasteiger partial charge in [-0.2, -0.15) is 4.57 Å². The Hall–Kier alpha value is -2.94. The molecule has 0 saturated carbocycles. The summed E-state index contributed by atoms with van der Waals surface area (Å²) < 4.78 is 1.93. The lowest BCUT2D eigenvalue weighted by atomic mass is 10.1. The minimum absolute atomic E-state index is 0.0357. The number of hydrogen-bond donors (Lipinski definition) is 1. The molecule has 1 N–H and O–H groups in total. The van der Waals surface area contributed by atoms with Crippen LogP contribution in [0, 0.1) is 0 Å². The van der Waals surface area contributed by atoms with Gasteiger partial charge in [0.2, 0.25) is 6.04 Å². The molecule has 0 radical (unpaired) electrons. The van der Waals surface area contributed by atoms with Crippen molar-refractivity contribution in [1.29, 1.82) is 0 Å². The Kier molecular flexibility index (Phi) is 4.48. The van der Waals surface area contributed by atoms with Crippen molar-refractivity contribution in [3.8, 4) is 11.1 Å². The zero-order valence-electron chi connectivity index (χ0n) is 13.0. The van der Waals surface area contributed by atoms with E-state index in [1.807, 2.05) is 84.5 Å². The van der Waals surface area contributed by atoms with Crippen molar-refractivity contribution in [3.05, 3.63) is 85.2 Å². The first-order valence-electron chi connectivity index (χ1n) is 7.66. The smallest absolute Gasteiger partial charge is 0.293 e. The van der Waals surface area contributed by atoms with Crippen molar-refractivity contribution in [2.45, 2.75) is 13.0 Å². The molecule has 0 aliphatic carbocycles. The number of para-hydroxylation sites is 1. The van der Waals surface area contributed by atoms with Gasteiger partial charge in [-0.15, -0.1) is 0 Å². The molecule has 3 rings (SSSR count). The molecule has 0 aliphatic rings. The predicted octanol–water partition coefficient (Wildman–Crippen LogP) is 3.84. The lowest BCUT2D eigenvalue weighted by molar-refractivity contribution is -0.705. The van der Waals surface area contributed by atoms with Crippen LogP contribution in [0.2, 0.25) is 0 Å². The largest absolute Gasteiger partial charge is 0.320 e. The number of nitrogens with one attached hydrogen (secondary N) is 1. The number of benzene rings is 2. The van der Waals surface area contributed by atoms with E-state index in [0.717, 1.165) is 16.8 Å². The zero-order chi connectivity index (χ0) is 16.1. The van der Waals surface area contributed by atoms with Crippen LogP contribution in [-0.2, 0) is 4.79 Å². The minimum Gasteiger partial charge on any atom is -0.320 e. The Morgan fingerprint density at radius 3 is 2.17 bits per heavy atom. The summed E-state index contributed by atoms with van der Waals surface area (Å²) in [6, 6.07) is 23.4.